The maximum absolute atomic E-state index is 12.7. The molecule has 1 aliphatic heterocycles. The second-order valence-electron chi connectivity index (χ2n) is 5.95. The summed E-state index contributed by atoms with van der Waals surface area (Å²) < 4.78 is 0. The van der Waals surface area contributed by atoms with Crippen molar-refractivity contribution in [2.75, 3.05) is 5.32 Å². The summed E-state index contributed by atoms with van der Waals surface area (Å²) in [6.45, 7) is 0. The number of halogens is 2. The first-order valence-corrected chi connectivity index (χ1v) is 9.51. The van der Waals surface area contributed by atoms with Crippen LogP contribution in [0.3, 0.4) is 0 Å². The van der Waals surface area contributed by atoms with Gasteiger partial charge in [-0.2, -0.15) is 0 Å². The van der Waals surface area contributed by atoms with Gasteiger partial charge in [0.2, 0.25) is 0 Å². The van der Waals surface area contributed by atoms with Gasteiger partial charge in [-0.05, 0) is 42.7 Å². The average Bonchev–Trinajstić information content (AvgIpc) is 2.72. The van der Waals surface area contributed by atoms with Crippen LogP contribution >= 0.6 is 35.0 Å². The van der Waals surface area contributed by atoms with E-state index in [0.717, 1.165) is 40.3 Å². The van der Waals surface area contributed by atoms with Gasteiger partial charge in [0.05, 0.1) is 10.9 Å². The third-order valence-corrected chi connectivity index (χ3v) is 6.28. The molecule has 122 valence electrons. The Kier molecular flexibility index (Phi) is 4.33. The largest absolute Gasteiger partial charge is 0.358 e. The van der Waals surface area contributed by atoms with E-state index in [4.69, 9.17) is 23.2 Å². The maximum atomic E-state index is 12.7. The van der Waals surface area contributed by atoms with Crippen molar-refractivity contribution in [1.82, 2.24) is 0 Å². The summed E-state index contributed by atoms with van der Waals surface area (Å²) >= 11 is 14.2. The van der Waals surface area contributed by atoms with Crippen molar-refractivity contribution >= 4 is 46.4 Å². The molecule has 1 heterocycles. The number of thioether (sulfide) groups is 1. The zero-order chi connectivity index (χ0) is 16.7. The smallest absolute Gasteiger partial charge is 0.162 e. The maximum Gasteiger partial charge on any atom is 0.162 e. The molecular formula is C19H15Cl2NOS. The summed E-state index contributed by atoms with van der Waals surface area (Å²) in [5, 5.41) is 4.58. The molecule has 4 rings (SSSR count). The van der Waals surface area contributed by atoms with E-state index in [0.29, 0.717) is 16.5 Å². The zero-order valence-corrected chi connectivity index (χ0v) is 15.1. The van der Waals surface area contributed by atoms with Crippen LogP contribution in [0, 0.1) is 0 Å². The van der Waals surface area contributed by atoms with Crippen molar-refractivity contribution in [2.24, 2.45) is 0 Å². The lowest BCUT2D eigenvalue weighted by molar-refractivity contribution is -0.116. The number of fused-ring (bicyclic) bond motifs is 1. The lowest BCUT2D eigenvalue weighted by Gasteiger charge is -2.24. The summed E-state index contributed by atoms with van der Waals surface area (Å²) in [4.78, 5) is 13.8. The Balaban J connectivity index is 1.90. The van der Waals surface area contributed by atoms with E-state index < -0.39 is 0 Å². The number of ketones is 1. The minimum Gasteiger partial charge on any atom is -0.358 e. The number of rotatable bonds is 1. The molecule has 1 aliphatic carbocycles. The van der Waals surface area contributed by atoms with Gasteiger partial charge in [0, 0.05) is 32.6 Å². The van der Waals surface area contributed by atoms with Crippen molar-refractivity contribution in [3.63, 3.8) is 0 Å². The lowest BCUT2D eigenvalue weighted by Crippen LogP contribution is -2.19. The molecular weight excluding hydrogens is 361 g/mol. The number of para-hydroxylation sites is 1. The second-order valence-corrected chi connectivity index (χ2v) is 7.94. The minimum atomic E-state index is -0.117. The number of Topliss-reactive ketones (excluding diaryl/α,β-unsaturated/α-hetero) is 1. The number of benzene rings is 2. The minimum absolute atomic E-state index is 0.117. The average molecular weight is 376 g/mol. The van der Waals surface area contributed by atoms with Gasteiger partial charge in [0.15, 0.2) is 5.78 Å². The number of allylic oxidation sites excluding steroid dienone is 1. The summed E-state index contributed by atoms with van der Waals surface area (Å²) in [5.41, 5.74) is 3.87. The van der Waals surface area contributed by atoms with E-state index >= 15 is 0 Å². The van der Waals surface area contributed by atoms with Gasteiger partial charge in [-0.1, -0.05) is 41.4 Å². The molecule has 1 atom stereocenters. The van der Waals surface area contributed by atoms with Gasteiger partial charge in [-0.25, -0.2) is 0 Å². The van der Waals surface area contributed by atoms with Crippen LogP contribution in [0.25, 0.3) is 0 Å². The third-order valence-electron chi connectivity index (χ3n) is 4.38. The van der Waals surface area contributed by atoms with E-state index in [1.165, 1.54) is 0 Å². The number of anilines is 1. The fraction of sp³-hybridized carbons (Fsp3) is 0.211. The molecule has 5 heteroatoms. The number of hydrogen-bond acceptors (Lipinski definition) is 3. The van der Waals surface area contributed by atoms with Gasteiger partial charge in [-0.3, -0.25) is 4.79 Å². The standard InChI is InChI=1S/C19H15Cl2NOS/c20-11-8-9-12(13(21)10-11)19-18-15(5-3-6-16(18)23)22-14-4-1-2-7-17(14)24-19/h1-2,4,7-10,19,22H,3,5-6H2/t19-/m0/s1. The van der Waals surface area contributed by atoms with Crippen LogP contribution in [0.5, 0.6) is 0 Å². The Morgan fingerprint density at radius 2 is 1.92 bits per heavy atom. The van der Waals surface area contributed by atoms with Crippen LogP contribution in [0.2, 0.25) is 10.0 Å². The summed E-state index contributed by atoms with van der Waals surface area (Å²) in [6.07, 6.45) is 2.37. The molecule has 0 bridgehead atoms. The van der Waals surface area contributed by atoms with Crippen molar-refractivity contribution in [2.45, 2.75) is 29.4 Å². The normalized spacial score (nSPS) is 20.1. The first-order chi connectivity index (χ1) is 11.6. The van der Waals surface area contributed by atoms with E-state index in [-0.39, 0.29) is 11.0 Å². The summed E-state index contributed by atoms with van der Waals surface area (Å²) in [7, 11) is 0. The molecule has 0 aromatic heterocycles. The molecule has 2 aromatic rings. The van der Waals surface area contributed by atoms with Crippen LogP contribution in [0.15, 0.2) is 58.6 Å². The molecule has 24 heavy (non-hydrogen) atoms. The van der Waals surface area contributed by atoms with Gasteiger partial charge < -0.3 is 5.32 Å². The zero-order valence-electron chi connectivity index (χ0n) is 12.8. The third kappa shape index (κ3) is 2.85. The highest BCUT2D eigenvalue weighted by Crippen LogP contribution is 2.50. The Morgan fingerprint density at radius 1 is 1.08 bits per heavy atom. The van der Waals surface area contributed by atoms with E-state index in [1.807, 2.05) is 24.3 Å². The van der Waals surface area contributed by atoms with E-state index in [2.05, 4.69) is 17.4 Å². The number of carbonyl (C=O) groups is 1. The Hall–Kier alpha value is -1.42. The number of carbonyl (C=O) groups excluding carboxylic acids is 1. The van der Waals surface area contributed by atoms with Gasteiger partial charge in [0.1, 0.15) is 0 Å². The molecule has 1 N–H and O–H groups in total. The van der Waals surface area contributed by atoms with E-state index in [1.54, 1.807) is 17.8 Å². The van der Waals surface area contributed by atoms with E-state index in [9.17, 15) is 4.79 Å². The van der Waals surface area contributed by atoms with Gasteiger partial charge in [0.25, 0.3) is 0 Å². The number of nitrogens with one attached hydrogen (secondary N) is 1. The van der Waals surface area contributed by atoms with Crippen molar-refractivity contribution < 1.29 is 4.79 Å². The lowest BCUT2D eigenvalue weighted by atomic mass is 9.89. The highest BCUT2D eigenvalue weighted by molar-refractivity contribution is 8.00. The molecule has 0 saturated heterocycles. The quantitative estimate of drug-likeness (QED) is 0.637. The summed E-state index contributed by atoms with van der Waals surface area (Å²) in [5.74, 6) is 0.208. The predicted molar refractivity (Wildman–Crippen MR) is 101 cm³/mol. The first-order valence-electron chi connectivity index (χ1n) is 7.87. The second kappa shape index (κ2) is 6.47. The molecule has 0 radical (unpaired) electrons. The Bertz CT molecular complexity index is 862. The molecule has 0 spiro atoms. The monoisotopic (exact) mass is 375 g/mol. The first kappa shape index (κ1) is 16.1. The SMILES string of the molecule is O=C1CCCC2=C1[C@H](c1ccc(Cl)cc1Cl)Sc1ccccc1N2. The summed E-state index contributed by atoms with van der Waals surface area (Å²) in [6, 6.07) is 13.7. The van der Waals surface area contributed by atoms with Gasteiger partial charge >= 0.3 is 0 Å². The van der Waals surface area contributed by atoms with Crippen molar-refractivity contribution in [3.05, 3.63) is 69.3 Å². The fourth-order valence-electron chi connectivity index (χ4n) is 3.25. The molecule has 0 saturated carbocycles. The van der Waals surface area contributed by atoms with Crippen molar-refractivity contribution in [3.8, 4) is 0 Å². The Morgan fingerprint density at radius 3 is 2.75 bits per heavy atom. The van der Waals surface area contributed by atoms with Crippen LogP contribution in [-0.4, -0.2) is 5.78 Å². The van der Waals surface area contributed by atoms with Crippen LogP contribution < -0.4 is 5.32 Å². The topological polar surface area (TPSA) is 29.1 Å². The Labute approximate surface area is 155 Å². The molecule has 0 fully saturated rings. The molecule has 2 aromatic carbocycles. The molecule has 2 nitrogen and oxygen atoms in total. The molecule has 2 aliphatic rings. The van der Waals surface area contributed by atoms with Crippen LogP contribution in [0.4, 0.5) is 5.69 Å². The molecule has 0 amide bonds. The highest BCUT2D eigenvalue weighted by atomic mass is 35.5. The number of hydrogen-bond donors (Lipinski definition) is 1. The van der Waals surface area contributed by atoms with Crippen LogP contribution in [-0.2, 0) is 4.79 Å². The van der Waals surface area contributed by atoms with Crippen molar-refractivity contribution in [1.29, 1.82) is 0 Å². The highest BCUT2D eigenvalue weighted by Gasteiger charge is 2.33. The predicted octanol–water partition coefficient (Wildman–Crippen LogP) is 6.26. The molecule has 0 unspecified atom stereocenters. The van der Waals surface area contributed by atoms with Crippen LogP contribution in [0.1, 0.15) is 30.1 Å². The fourth-order valence-corrected chi connectivity index (χ4v) is 5.22. The van der Waals surface area contributed by atoms with Gasteiger partial charge in [-0.15, -0.1) is 11.8 Å².